The summed E-state index contributed by atoms with van der Waals surface area (Å²) in [5.41, 5.74) is 5.99. The number of thioether (sulfide) groups is 1. The van der Waals surface area contributed by atoms with Gasteiger partial charge in [0.1, 0.15) is 0 Å². The van der Waals surface area contributed by atoms with E-state index in [1.54, 1.807) is 0 Å². The minimum atomic E-state index is -0.334. The van der Waals surface area contributed by atoms with Gasteiger partial charge >= 0.3 is 0 Å². The maximum absolute atomic E-state index is 11.8. The third-order valence-corrected chi connectivity index (χ3v) is 4.80. The van der Waals surface area contributed by atoms with Crippen LogP contribution in [0.3, 0.4) is 0 Å². The monoisotopic (exact) mass is 343 g/mol. The van der Waals surface area contributed by atoms with E-state index in [0.717, 1.165) is 10.6 Å². The number of hydrogen-bond donors (Lipinski definition) is 3. The molecule has 1 aliphatic rings. The fraction of sp³-hybridized carbons (Fsp3) is 0.467. The smallest absolute Gasteiger partial charge is 0.243 e. The molecule has 0 spiro atoms. The van der Waals surface area contributed by atoms with Crippen LogP contribution in [0.1, 0.15) is 25.7 Å². The molecule has 0 saturated heterocycles. The lowest BCUT2D eigenvalue weighted by Crippen LogP contribution is -2.36. The summed E-state index contributed by atoms with van der Waals surface area (Å²) >= 11 is 1.83. The van der Waals surface area contributed by atoms with Gasteiger partial charge in [0.05, 0.1) is 18.8 Å². The third kappa shape index (κ3) is 5.87. The molecule has 1 aromatic carbocycles. The number of benzene rings is 1. The normalized spacial score (nSPS) is 14.2. The van der Waals surface area contributed by atoms with Gasteiger partial charge in [0, 0.05) is 10.1 Å². The van der Waals surface area contributed by atoms with Crippen molar-refractivity contribution in [2.24, 2.45) is 5.73 Å². The summed E-state index contributed by atoms with van der Waals surface area (Å²) in [6.07, 6.45) is 5.05. The van der Waals surface area contributed by atoms with Gasteiger partial charge in [0.2, 0.25) is 11.8 Å². The highest BCUT2D eigenvalue weighted by molar-refractivity contribution is 8.00. The molecule has 2 rings (SSSR count). The Morgan fingerprint density at radius 2 is 1.86 bits per heavy atom. The van der Waals surface area contributed by atoms with Crippen molar-refractivity contribution in [1.82, 2.24) is 5.32 Å². The van der Waals surface area contributed by atoms with Crippen LogP contribution < -0.4 is 16.4 Å². The second kappa shape index (κ2) is 9.71. The molecule has 0 aromatic heterocycles. The maximum Gasteiger partial charge on any atom is 0.243 e. The van der Waals surface area contributed by atoms with Crippen LogP contribution in [0.5, 0.6) is 0 Å². The Kier molecular flexibility index (Phi) is 8.30. The SMILES string of the molecule is Cl.NCC(=O)NCC(=O)Nc1ccccc1SC1CCCC1. The number of rotatable bonds is 6. The van der Waals surface area contributed by atoms with Crippen LogP contribution >= 0.6 is 24.2 Å². The lowest BCUT2D eigenvalue weighted by atomic mass is 10.3. The van der Waals surface area contributed by atoms with Crippen LogP contribution in [0.15, 0.2) is 29.2 Å². The fourth-order valence-corrected chi connectivity index (χ4v) is 3.64. The Labute approximate surface area is 141 Å². The lowest BCUT2D eigenvalue weighted by Gasteiger charge is -2.14. The van der Waals surface area contributed by atoms with Crippen molar-refractivity contribution >= 4 is 41.7 Å². The molecule has 0 aliphatic heterocycles. The molecule has 1 aliphatic carbocycles. The number of amides is 2. The zero-order chi connectivity index (χ0) is 15.1. The van der Waals surface area contributed by atoms with E-state index in [1.165, 1.54) is 25.7 Å². The molecule has 7 heteroatoms. The van der Waals surface area contributed by atoms with Crippen LogP contribution in [-0.4, -0.2) is 30.2 Å². The standard InChI is InChI=1S/C15H21N3O2S.ClH/c16-9-14(19)17-10-15(20)18-12-7-3-4-8-13(12)21-11-5-1-2-6-11;/h3-4,7-8,11H,1-2,5-6,9-10,16H2,(H,17,19)(H,18,20);1H. The molecule has 2 amide bonds. The first-order valence-electron chi connectivity index (χ1n) is 7.21. The number of para-hydroxylation sites is 1. The molecule has 0 bridgehead atoms. The topological polar surface area (TPSA) is 84.2 Å². The quantitative estimate of drug-likeness (QED) is 0.739. The summed E-state index contributed by atoms with van der Waals surface area (Å²) in [5.74, 6) is -0.574. The average Bonchev–Trinajstić information content (AvgIpc) is 3.00. The number of halogens is 1. The van der Waals surface area contributed by atoms with Gasteiger partial charge in [-0.05, 0) is 25.0 Å². The second-order valence-electron chi connectivity index (χ2n) is 5.05. The molecule has 0 radical (unpaired) electrons. The molecular formula is C15H22ClN3O2S. The van der Waals surface area contributed by atoms with Crippen LogP contribution in [0.25, 0.3) is 0 Å². The first kappa shape index (κ1) is 18.8. The van der Waals surface area contributed by atoms with Crippen molar-refractivity contribution in [3.63, 3.8) is 0 Å². The molecule has 1 aromatic rings. The molecule has 0 unspecified atom stereocenters. The summed E-state index contributed by atoms with van der Waals surface area (Å²) in [5, 5.41) is 5.95. The largest absolute Gasteiger partial charge is 0.346 e. The van der Waals surface area contributed by atoms with Gasteiger partial charge in [-0.15, -0.1) is 24.2 Å². The van der Waals surface area contributed by atoms with E-state index >= 15 is 0 Å². The molecule has 0 atom stereocenters. The van der Waals surface area contributed by atoms with E-state index in [4.69, 9.17) is 5.73 Å². The summed E-state index contributed by atoms with van der Waals surface area (Å²) in [6, 6.07) is 7.78. The van der Waals surface area contributed by atoms with E-state index in [0.29, 0.717) is 5.25 Å². The van der Waals surface area contributed by atoms with Gasteiger partial charge in [0.15, 0.2) is 0 Å². The van der Waals surface area contributed by atoms with Gasteiger partial charge in [0.25, 0.3) is 0 Å². The Morgan fingerprint density at radius 3 is 2.55 bits per heavy atom. The van der Waals surface area contributed by atoms with Gasteiger partial charge < -0.3 is 16.4 Å². The molecule has 122 valence electrons. The van der Waals surface area contributed by atoms with Crippen LogP contribution in [-0.2, 0) is 9.59 Å². The number of nitrogens with two attached hydrogens (primary N) is 1. The minimum absolute atomic E-state index is 0. The molecule has 4 N–H and O–H groups in total. The Hall–Kier alpha value is -1.24. The maximum atomic E-state index is 11.8. The minimum Gasteiger partial charge on any atom is -0.346 e. The van der Waals surface area contributed by atoms with Crippen molar-refractivity contribution in [2.75, 3.05) is 18.4 Å². The summed E-state index contributed by atoms with van der Waals surface area (Å²) in [6.45, 7) is -0.167. The van der Waals surface area contributed by atoms with E-state index in [2.05, 4.69) is 10.6 Å². The van der Waals surface area contributed by atoms with Gasteiger partial charge in [-0.25, -0.2) is 0 Å². The second-order valence-corrected chi connectivity index (χ2v) is 6.39. The fourth-order valence-electron chi connectivity index (χ4n) is 2.30. The summed E-state index contributed by atoms with van der Waals surface area (Å²) in [7, 11) is 0. The first-order chi connectivity index (χ1) is 10.2. The molecule has 5 nitrogen and oxygen atoms in total. The molecular weight excluding hydrogens is 322 g/mol. The van der Waals surface area contributed by atoms with E-state index in [1.807, 2.05) is 36.0 Å². The number of nitrogens with one attached hydrogen (secondary N) is 2. The Balaban J connectivity index is 0.00000242. The average molecular weight is 344 g/mol. The van der Waals surface area contributed by atoms with E-state index < -0.39 is 0 Å². The van der Waals surface area contributed by atoms with Gasteiger partial charge in [-0.3, -0.25) is 9.59 Å². The van der Waals surface area contributed by atoms with Crippen molar-refractivity contribution in [1.29, 1.82) is 0 Å². The highest BCUT2D eigenvalue weighted by atomic mass is 35.5. The molecule has 0 heterocycles. The lowest BCUT2D eigenvalue weighted by molar-refractivity contribution is -0.123. The highest BCUT2D eigenvalue weighted by Gasteiger charge is 2.18. The van der Waals surface area contributed by atoms with Crippen molar-refractivity contribution in [2.45, 2.75) is 35.8 Å². The van der Waals surface area contributed by atoms with E-state index in [9.17, 15) is 9.59 Å². The van der Waals surface area contributed by atoms with Crippen molar-refractivity contribution in [3.8, 4) is 0 Å². The number of carbonyl (C=O) groups is 2. The summed E-state index contributed by atoms with van der Waals surface area (Å²) in [4.78, 5) is 24.0. The summed E-state index contributed by atoms with van der Waals surface area (Å²) < 4.78 is 0. The molecule has 1 saturated carbocycles. The van der Waals surface area contributed by atoms with Crippen LogP contribution in [0.4, 0.5) is 5.69 Å². The van der Waals surface area contributed by atoms with Crippen LogP contribution in [0, 0.1) is 0 Å². The molecule has 22 heavy (non-hydrogen) atoms. The third-order valence-electron chi connectivity index (χ3n) is 3.39. The van der Waals surface area contributed by atoms with E-state index in [-0.39, 0.29) is 37.3 Å². The number of anilines is 1. The predicted molar refractivity (Wildman–Crippen MR) is 92.5 cm³/mol. The number of hydrogen-bond acceptors (Lipinski definition) is 4. The van der Waals surface area contributed by atoms with Crippen molar-refractivity contribution < 1.29 is 9.59 Å². The van der Waals surface area contributed by atoms with Crippen LogP contribution in [0.2, 0.25) is 0 Å². The Morgan fingerprint density at radius 1 is 1.18 bits per heavy atom. The zero-order valence-electron chi connectivity index (χ0n) is 12.3. The first-order valence-corrected chi connectivity index (χ1v) is 8.09. The number of carbonyl (C=O) groups excluding carboxylic acids is 2. The highest BCUT2D eigenvalue weighted by Crippen LogP contribution is 2.37. The van der Waals surface area contributed by atoms with Gasteiger partial charge in [-0.1, -0.05) is 25.0 Å². The Bertz CT molecular complexity index is 507. The van der Waals surface area contributed by atoms with Crippen molar-refractivity contribution in [3.05, 3.63) is 24.3 Å². The predicted octanol–water partition coefficient (Wildman–Crippen LogP) is 2.16. The van der Waals surface area contributed by atoms with Gasteiger partial charge in [-0.2, -0.15) is 0 Å². The molecule has 1 fully saturated rings. The zero-order valence-corrected chi connectivity index (χ0v) is 14.0.